The molecule has 0 N–H and O–H groups in total. The molecule has 3 rings (SSSR count). The van der Waals surface area contributed by atoms with Crippen LogP contribution in [0.4, 0.5) is 0 Å². The molecule has 0 saturated carbocycles. The van der Waals surface area contributed by atoms with Crippen LogP contribution in [0.5, 0.6) is 11.5 Å². The van der Waals surface area contributed by atoms with Crippen molar-refractivity contribution < 1.29 is 14.2 Å². The Hall–Kier alpha value is -2.80. The molecule has 0 aliphatic carbocycles. The SMILES string of the molecule is COc1cc(-n2ccc(/C=C/c3ccc(Cl)cc3)cc2=O)ccc1OCOCC[Si-](C)(C)C. The van der Waals surface area contributed by atoms with Gasteiger partial charge in [-0.15, -0.1) is 14.1 Å². The van der Waals surface area contributed by atoms with Crippen molar-refractivity contribution in [1.82, 2.24) is 4.57 Å². The topological polar surface area (TPSA) is 49.7 Å². The lowest BCUT2D eigenvalue weighted by atomic mass is 10.1. The van der Waals surface area contributed by atoms with Gasteiger partial charge in [-0.2, -0.15) is 19.6 Å². The van der Waals surface area contributed by atoms with Crippen LogP contribution in [0.3, 0.4) is 0 Å². The summed E-state index contributed by atoms with van der Waals surface area (Å²) in [7, 11) is 0.445. The highest BCUT2D eigenvalue weighted by molar-refractivity contribution is 6.76. The summed E-state index contributed by atoms with van der Waals surface area (Å²) in [6, 6.07) is 17.5. The van der Waals surface area contributed by atoms with Crippen LogP contribution in [0.1, 0.15) is 11.1 Å². The van der Waals surface area contributed by atoms with Gasteiger partial charge in [0, 0.05) is 30.0 Å². The molecule has 1 heterocycles. The third-order valence-corrected chi connectivity index (χ3v) is 6.96. The molecular formula is C26H30ClNO4Si-. The molecule has 1 aromatic heterocycles. The third kappa shape index (κ3) is 7.63. The fraction of sp³-hybridized carbons (Fsp3) is 0.269. The fourth-order valence-corrected chi connectivity index (χ4v) is 3.93. The van der Waals surface area contributed by atoms with Crippen molar-refractivity contribution in [2.75, 3.05) is 20.5 Å². The lowest BCUT2D eigenvalue weighted by Gasteiger charge is -2.26. The number of hydrogen-bond donors (Lipinski definition) is 0. The van der Waals surface area contributed by atoms with Crippen molar-refractivity contribution in [3.8, 4) is 17.2 Å². The zero-order chi connectivity index (χ0) is 23.8. The van der Waals surface area contributed by atoms with Gasteiger partial charge in [0.2, 0.25) is 0 Å². The summed E-state index contributed by atoms with van der Waals surface area (Å²) >= 11 is 5.92. The van der Waals surface area contributed by atoms with E-state index in [1.165, 1.54) is 0 Å². The zero-order valence-corrected chi connectivity index (χ0v) is 21.3. The Morgan fingerprint density at radius 3 is 2.33 bits per heavy atom. The molecular weight excluding hydrogens is 454 g/mol. The molecule has 0 aliphatic heterocycles. The molecule has 0 saturated heterocycles. The number of aromatic nitrogens is 1. The Kier molecular flexibility index (Phi) is 8.55. The normalized spacial score (nSPS) is 11.7. The van der Waals surface area contributed by atoms with Crippen LogP contribution in [0.2, 0.25) is 30.7 Å². The Bertz CT molecular complexity index is 1150. The van der Waals surface area contributed by atoms with Gasteiger partial charge in [0.05, 0.1) is 12.8 Å². The zero-order valence-electron chi connectivity index (χ0n) is 19.5. The van der Waals surface area contributed by atoms with Crippen LogP contribution in [0.25, 0.3) is 17.8 Å². The number of hydrogen-bond acceptors (Lipinski definition) is 4. The summed E-state index contributed by atoms with van der Waals surface area (Å²) in [6.45, 7) is 7.77. The standard InChI is InChI=1S/C26H30ClNO4Si/c1-30-25-18-23(11-12-24(25)32-19-31-15-16-33(2,3)4)28-14-13-21(17-26(28)29)6-5-20-7-9-22(27)10-8-20/h5-14,17-18H,15-16,19H2,1-4H3/q-1/b6-5+. The number of methoxy groups -OCH3 is 1. The largest absolute Gasteiger partial charge is 0.493 e. The van der Waals surface area contributed by atoms with Crippen LogP contribution in [-0.4, -0.2) is 33.2 Å². The molecule has 0 atom stereocenters. The molecule has 7 heteroatoms. The van der Waals surface area contributed by atoms with Gasteiger partial charge >= 0.3 is 0 Å². The lowest BCUT2D eigenvalue weighted by molar-refractivity contribution is 0.0205. The monoisotopic (exact) mass is 483 g/mol. The molecule has 0 unspecified atom stereocenters. The van der Waals surface area contributed by atoms with E-state index in [9.17, 15) is 4.79 Å². The van der Waals surface area contributed by atoms with E-state index in [-0.39, 0.29) is 12.4 Å². The number of benzene rings is 2. The first-order valence-electron chi connectivity index (χ1n) is 10.8. The number of nitrogens with zero attached hydrogens (tertiary/aromatic N) is 1. The van der Waals surface area contributed by atoms with E-state index in [1.54, 1.807) is 36.1 Å². The summed E-state index contributed by atoms with van der Waals surface area (Å²) in [5.41, 5.74) is 2.37. The Balaban J connectivity index is 1.68. The molecule has 0 bridgehead atoms. The molecule has 33 heavy (non-hydrogen) atoms. The molecule has 3 aromatic rings. The van der Waals surface area contributed by atoms with Gasteiger partial charge in [-0.25, -0.2) is 0 Å². The van der Waals surface area contributed by atoms with Gasteiger partial charge in [0.15, 0.2) is 18.3 Å². The fourth-order valence-electron chi connectivity index (χ4n) is 3.05. The highest BCUT2D eigenvalue weighted by Crippen LogP contribution is 2.29. The predicted molar refractivity (Wildman–Crippen MR) is 139 cm³/mol. The molecule has 0 aliphatic rings. The number of rotatable bonds is 10. The number of pyridine rings is 1. The quantitative estimate of drug-likeness (QED) is 0.191. The average Bonchev–Trinajstić information content (AvgIpc) is 2.78. The van der Waals surface area contributed by atoms with Gasteiger partial charge in [0.1, 0.15) is 0 Å². The lowest BCUT2D eigenvalue weighted by Crippen LogP contribution is -2.22. The van der Waals surface area contributed by atoms with E-state index in [0.29, 0.717) is 28.8 Å². The molecule has 5 nitrogen and oxygen atoms in total. The van der Waals surface area contributed by atoms with Crippen molar-refractivity contribution >= 4 is 31.8 Å². The molecule has 175 valence electrons. The minimum Gasteiger partial charge on any atom is -0.493 e. The van der Waals surface area contributed by atoms with Crippen molar-refractivity contribution in [1.29, 1.82) is 0 Å². The van der Waals surface area contributed by atoms with Crippen LogP contribution in [-0.2, 0) is 4.74 Å². The van der Waals surface area contributed by atoms with Crippen molar-refractivity contribution in [3.63, 3.8) is 0 Å². The van der Waals surface area contributed by atoms with Crippen molar-refractivity contribution in [2.24, 2.45) is 0 Å². The summed E-state index contributed by atoms with van der Waals surface area (Å²) in [5.74, 6) is 1.12. The van der Waals surface area contributed by atoms with E-state index in [0.717, 1.165) is 17.2 Å². The second kappa shape index (κ2) is 11.4. The van der Waals surface area contributed by atoms with E-state index < -0.39 is 8.07 Å². The first-order valence-corrected chi connectivity index (χ1v) is 14.9. The van der Waals surface area contributed by atoms with E-state index >= 15 is 0 Å². The minimum absolute atomic E-state index is 0.140. The van der Waals surface area contributed by atoms with Gasteiger partial charge in [-0.3, -0.25) is 9.36 Å². The van der Waals surface area contributed by atoms with Crippen LogP contribution in [0, 0.1) is 0 Å². The second-order valence-corrected chi connectivity index (χ2v) is 14.9. The number of halogens is 1. The maximum Gasteiger partial charge on any atom is 0.255 e. The molecule has 2 aromatic carbocycles. The van der Waals surface area contributed by atoms with Gasteiger partial charge in [-0.05, 0) is 41.5 Å². The van der Waals surface area contributed by atoms with Crippen molar-refractivity contribution in [3.05, 3.63) is 87.3 Å². The van der Waals surface area contributed by atoms with Crippen LogP contribution < -0.4 is 15.0 Å². The van der Waals surface area contributed by atoms with Gasteiger partial charge < -0.3 is 14.2 Å². The first-order chi connectivity index (χ1) is 15.7. The maximum atomic E-state index is 12.7. The summed E-state index contributed by atoms with van der Waals surface area (Å²) in [4.78, 5) is 12.7. The predicted octanol–water partition coefficient (Wildman–Crippen LogP) is 6.36. The Labute approximate surface area is 201 Å². The van der Waals surface area contributed by atoms with E-state index in [2.05, 4.69) is 19.6 Å². The van der Waals surface area contributed by atoms with E-state index in [1.807, 2.05) is 48.6 Å². The Morgan fingerprint density at radius 2 is 1.67 bits per heavy atom. The van der Waals surface area contributed by atoms with Crippen molar-refractivity contribution in [2.45, 2.75) is 25.7 Å². The smallest absolute Gasteiger partial charge is 0.255 e. The Morgan fingerprint density at radius 1 is 0.939 bits per heavy atom. The molecule has 0 spiro atoms. The van der Waals surface area contributed by atoms with E-state index in [4.69, 9.17) is 25.8 Å². The highest BCUT2D eigenvalue weighted by Gasteiger charge is 2.09. The van der Waals surface area contributed by atoms with Crippen LogP contribution in [0.15, 0.2) is 65.6 Å². The van der Waals surface area contributed by atoms with Crippen LogP contribution >= 0.6 is 11.6 Å². The summed E-state index contributed by atoms with van der Waals surface area (Å²) in [5, 5.41) is 0.691. The first kappa shape index (κ1) is 24.8. The second-order valence-electron chi connectivity index (χ2n) is 8.87. The molecule has 0 fully saturated rings. The third-order valence-electron chi connectivity index (χ3n) is 5.00. The summed E-state index contributed by atoms with van der Waals surface area (Å²) in [6.07, 6.45) is 5.59. The van der Waals surface area contributed by atoms with Gasteiger partial charge in [-0.1, -0.05) is 35.9 Å². The average molecular weight is 484 g/mol. The van der Waals surface area contributed by atoms with Gasteiger partial charge in [0.25, 0.3) is 5.56 Å². The maximum absolute atomic E-state index is 12.7. The molecule has 0 radical (unpaired) electrons. The molecule has 0 amide bonds. The summed E-state index contributed by atoms with van der Waals surface area (Å²) < 4.78 is 18.4. The number of ether oxygens (including phenoxy) is 3. The highest BCUT2D eigenvalue weighted by atomic mass is 35.5. The minimum atomic E-state index is -1.13.